The molecule has 1 fully saturated rings. The number of hydrogen-bond acceptors (Lipinski definition) is 7. The van der Waals surface area contributed by atoms with Gasteiger partial charge in [0.15, 0.2) is 5.78 Å². The molecule has 7 nitrogen and oxygen atoms in total. The number of hydrogen-bond donors (Lipinski definition) is 4. The number of carbonyl (C=O) groups is 2. The normalized spacial score (nSPS) is 46.2. The van der Waals surface area contributed by atoms with Gasteiger partial charge in [0.25, 0.3) is 0 Å². The molecule has 4 N–H and O–H groups in total. The summed E-state index contributed by atoms with van der Waals surface area (Å²) in [6.45, 7) is 9.51. The maximum atomic E-state index is 14.1. The first-order valence-corrected chi connectivity index (χ1v) is 10.0. The zero-order valence-corrected chi connectivity index (χ0v) is 17.9. The minimum Gasteiger partial charge on any atom is -0.459 e. The average Bonchev–Trinajstić information content (AvgIpc) is 2.76. The summed E-state index contributed by atoms with van der Waals surface area (Å²) in [5.41, 5.74) is -5.33. The van der Waals surface area contributed by atoms with Crippen molar-refractivity contribution in [1.82, 2.24) is 0 Å². The van der Waals surface area contributed by atoms with Crippen LogP contribution in [0.3, 0.4) is 0 Å². The van der Waals surface area contributed by atoms with Crippen LogP contribution in [0.5, 0.6) is 0 Å². The van der Waals surface area contributed by atoms with Crippen LogP contribution in [0.15, 0.2) is 23.3 Å². The van der Waals surface area contributed by atoms with Crippen molar-refractivity contribution >= 4 is 11.8 Å². The second-order valence-electron chi connectivity index (χ2n) is 9.78. The second kappa shape index (κ2) is 6.48. The zero-order chi connectivity index (χ0) is 22.2. The van der Waals surface area contributed by atoms with E-state index in [9.17, 15) is 30.0 Å². The molecule has 0 aromatic rings. The van der Waals surface area contributed by atoms with Gasteiger partial charge in [0, 0.05) is 18.3 Å². The smallest absolute Gasteiger partial charge is 0.303 e. The fourth-order valence-corrected chi connectivity index (χ4v) is 5.97. The highest BCUT2D eigenvalue weighted by Crippen LogP contribution is 2.63. The summed E-state index contributed by atoms with van der Waals surface area (Å²) < 4.78 is 5.76. The molecule has 4 unspecified atom stereocenters. The lowest BCUT2D eigenvalue weighted by molar-refractivity contribution is -0.191. The molecule has 2 bridgehead atoms. The zero-order valence-electron chi connectivity index (χ0n) is 17.9. The molecule has 3 rings (SSSR count). The van der Waals surface area contributed by atoms with Crippen LogP contribution in [-0.2, 0) is 14.3 Å². The lowest BCUT2D eigenvalue weighted by Crippen LogP contribution is -2.65. The van der Waals surface area contributed by atoms with Crippen LogP contribution in [0, 0.1) is 22.7 Å². The van der Waals surface area contributed by atoms with Gasteiger partial charge >= 0.3 is 5.97 Å². The predicted octanol–water partition coefficient (Wildman–Crippen LogP) is 0.891. The summed E-state index contributed by atoms with van der Waals surface area (Å²) in [6.07, 6.45) is 0.210. The largest absolute Gasteiger partial charge is 0.459 e. The lowest BCUT2D eigenvalue weighted by Gasteiger charge is -2.48. The Kier molecular flexibility index (Phi) is 4.95. The van der Waals surface area contributed by atoms with Crippen LogP contribution in [0.25, 0.3) is 0 Å². The van der Waals surface area contributed by atoms with Crippen molar-refractivity contribution < 1.29 is 34.8 Å². The molecule has 1 spiro atoms. The van der Waals surface area contributed by atoms with E-state index in [0.29, 0.717) is 5.57 Å². The third-order valence-corrected chi connectivity index (χ3v) is 7.97. The summed E-state index contributed by atoms with van der Waals surface area (Å²) in [5.74, 6) is -2.27. The van der Waals surface area contributed by atoms with E-state index in [1.807, 2.05) is 13.8 Å². The highest BCUT2D eigenvalue weighted by molar-refractivity contribution is 5.95. The maximum Gasteiger partial charge on any atom is 0.303 e. The Morgan fingerprint density at radius 3 is 2.34 bits per heavy atom. The number of Topliss-reactive ketones (excluding diaryl/α,β-unsaturated/α-hetero) is 1. The predicted molar refractivity (Wildman–Crippen MR) is 105 cm³/mol. The third-order valence-electron chi connectivity index (χ3n) is 7.97. The standard InChI is InChI=1S/C22H32O7/c1-11-8-21-12(2)9-20(6,29-13(3)24)19(4,5)15(18(21)27)7-14(10-23)17(26)22(21,28)16(11)25/h7-8,12,15-17,23,25-26,28H,9-10H2,1-6H3/t12?,15?,16-,17?,20+,21?,22+/m0/s1. The Morgan fingerprint density at radius 1 is 1.24 bits per heavy atom. The number of allylic oxidation sites excluding steroid dienone is 1. The van der Waals surface area contributed by atoms with Crippen LogP contribution >= 0.6 is 0 Å². The fraction of sp³-hybridized carbons (Fsp3) is 0.727. The van der Waals surface area contributed by atoms with E-state index < -0.39 is 58.7 Å². The first-order chi connectivity index (χ1) is 13.2. The monoisotopic (exact) mass is 408 g/mol. The quantitative estimate of drug-likeness (QED) is 0.395. The molecule has 0 heterocycles. The van der Waals surface area contributed by atoms with Gasteiger partial charge in [0.2, 0.25) is 0 Å². The molecule has 7 atom stereocenters. The Balaban J connectivity index is 2.39. The molecular formula is C22H32O7. The topological polar surface area (TPSA) is 124 Å². The molecule has 29 heavy (non-hydrogen) atoms. The van der Waals surface area contributed by atoms with Crippen LogP contribution < -0.4 is 0 Å². The summed E-state index contributed by atoms with van der Waals surface area (Å²) >= 11 is 0. The van der Waals surface area contributed by atoms with Gasteiger partial charge in [-0.15, -0.1) is 0 Å². The van der Waals surface area contributed by atoms with Crippen molar-refractivity contribution in [2.45, 2.75) is 71.4 Å². The van der Waals surface area contributed by atoms with Gasteiger partial charge in [0.05, 0.1) is 12.0 Å². The molecule has 3 aliphatic carbocycles. The summed E-state index contributed by atoms with van der Waals surface area (Å²) in [5, 5.41) is 43.6. The number of aliphatic hydroxyl groups is 4. The third kappa shape index (κ3) is 2.51. The van der Waals surface area contributed by atoms with Gasteiger partial charge in [0.1, 0.15) is 23.4 Å². The van der Waals surface area contributed by atoms with E-state index in [1.165, 1.54) is 13.0 Å². The second-order valence-corrected chi connectivity index (χ2v) is 9.78. The number of esters is 1. The van der Waals surface area contributed by atoms with Gasteiger partial charge in [-0.05, 0) is 37.3 Å². The highest BCUT2D eigenvalue weighted by Gasteiger charge is 2.73. The van der Waals surface area contributed by atoms with Crippen molar-refractivity contribution in [2.24, 2.45) is 22.7 Å². The minimum absolute atomic E-state index is 0.0715. The molecule has 0 aliphatic heterocycles. The molecule has 0 radical (unpaired) electrons. The molecule has 0 saturated heterocycles. The van der Waals surface area contributed by atoms with Crippen molar-refractivity contribution in [2.75, 3.05) is 6.61 Å². The molecule has 7 heteroatoms. The van der Waals surface area contributed by atoms with Crippen molar-refractivity contribution in [3.63, 3.8) is 0 Å². The SMILES string of the molecule is CC(=O)O[C@]1(C)CC(C)C23C=C(C)[C@H](O)[C@@]2(O)C(O)C(CO)=CC(C3=O)C1(C)C. The Morgan fingerprint density at radius 2 is 1.83 bits per heavy atom. The van der Waals surface area contributed by atoms with E-state index in [1.54, 1.807) is 26.8 Å². The van der Waals surface area contributed by atoms with Crippen molar-refractivity contribution in [3.8, 4) is 0 Å². The summed E-state index contributed by atoms with van der Waals surface area (Å²) in [4.78, 5) is 26.0. The van der Waals surface area contributed by atoms with Crippen LogP contribution in [-0.4, -0.2) is 62.2 Å². The molecule has 0 aromatic heterocycles. The number of fused-ring (bicyclic) bond motifs is 1. The summed E-state index contributed by atoms with van der Waals surface area (Å²) in [6, 6.07) is 0. The van der Waals surface area contributed by atoms with E-state index in [4.69, 9.17) is 4.74 Å². The number of rotatable bonds is 2. The van der Waals surface area contributed by atoms with Crippen molar-refractivity contribution in [1.29, 1.82) is 0 Å². The van der Waals surface area contributed by atoms with Gasteiger partial charge in [-0.2, -0.15) is 0 Å². The number of ketones is 1. The Labute approximate surface area is 171 Å². The van der Waals surface area contributed by atoms with E-state index in [-0.39, 0.29) is 17.8 Å². The van der Waals surface area contributed by atoms with E-state index in [0.717, 1.165) is 0 Å². The number of ether oxygens (including phenoxy) is 1. The van der Waals surface area contributed by atoms with E-state index >= 15 is 0 Å². The average molecular weight is 408 g/mol. The van der Waals surface area contributed by atoms with Crippen LogP contribution in [0.4, 0.5) is 0 Å². The molecule has 0 aromatic carbocycles. The van der Waals surface area contributed by atoms with Crippen molar-refractivity contribution in [3.05, 3.63) is 23.3 Å². The highest BCUT2D eigenvalue weighted by atomic mass is 16.6. The van der Waals surface area contributed by atoms with Gasteiger partial charge in [-0.25, -0.2) is 0 Å². The molecule has 162 valence electrons. The first-order valence-electron chi connectivity index (χ1n) is 10.0. The Bertz CT molecular complexity index is 812. The molecular weight excluding hydrogens is 376 g/mol. The maximum absolute atomic E-state index is 14.1. The number of aliphatic hydroxyl groups excluding tert-OH is 3. The molecule has 3 aliphatic rings. The fourth-order valence-electron chi connectivity index (χ4n) is 5.97. The van der Waals surface area contributed by atoms with Gasteiger partial charge in [-0.3, -0.25) is 9.59 Å². The lowest BCUT2D eigenvalue weighted by atomic mass is 9.59. The number of carbonyl (C=O) groups excluding carboxylic acids is 2. The van der Waals surface area contributed by atoms with E-state index in [2.05, 4.69) is 0 Å². The first kappa shape index (κ1) is 22.2. The molecule has 0 amide bonds. The van der Waals surface area contributed by atoms with Gasteiger partial charge < -0.3 is 25.2 Å². The Hall–Kier alpha value is -1.54. The van der Waals surface area contributed by atoms with Gasteiger partial charge in [-0.1, -0.05) is 32.9 Å². The molecule has 1 saturated carbocycles. The van der Waals surface area contributed by atoms with Crippen LogP contribution in [0.2, 0.25) is 0 Å². The van der Waals surface area contributed by atoms with Crippen LogP contribution in [0.1, 0.15) is 48.0 Å². The minimum atomic E-state index is -2.23. The summed E-state index contributed by atoms with van der Waals surface area (Å²) in [7, 11) is 0.